The van der Waals surface area contributed by atoms with Crippen LogP contribution in [0.1, 0.15) is 36.0 Å². The maximum atomic E-state index is 14.7. The van der Waals surface area contributed by atoms with E-state index in [0.717, 1.165) is 49.9 Å². The van der Waals surface area contributed by atoms with Gasteiger partial charge in [-0.25, -0.2) is 18.2 Å². The smallest absolute Gasteiger partial charge is 0.252 e. The minimum absolute atomic E-state index is 0.00708. The molecular formula is C23H23F3N6O. The molecule has 1 aromatic carbocycles. The summed E-state index contributed by atoms with van der Waals surface area (Å²) in [5, 5.41) is 5.94. The van der Waals surface area contributed by atoms with Crippen LogP contribution in [0.2, 0.25) is 0 Å². The molecule has 2 heterocycles. The van der Waals surface area contributed by atoms with Gasteiger partial charge in [-0.15, -0.1) is 0 Å². The second kappa shape index (κ2) is 9.45. The molecule has 33 heavy (non-hydrogen) atoms. The Morgan fingerprint density at radius 1 is 1.00 bits per heavy atom. The Morgan fingerprint density at radius 3 is 2.55 bits per heavy atom. The number of nitrogens with two attached hydrogens (primary N) is 2. The van der Waals surface area contributed by atoms with E-state index in [1.54, 1.807) is 6.07 Å². The Morgan fingerprint density at radius 2 is 1.79 bits per heavy atom. The predicted molar refractivity (Wildman–Crippen MR) is 119 cm³/mol. The number of rotatable bonds is 6. The minimum Gasteiger partial charge on any atom is -0.365 e. The fourth-order valence-electron chi connectivity index (χ4n) is 3.87. The first-order chi connectivity index (χ1) is 15.8. The van der Waals surface area contributed by atoms with Crippen molar-refractivity contribution in [2.24, 2.45) is 11.5 Å². The first kappa shape index (κ1) is 22.5. The molecule has 1 saturated carbocycles. The highest BCUT2D eigenvalue weighted by Crippen LogP contribution is 2.29. The molecule has 3 aromatic rings. The number of nitrogens with one attached hydrogen (secondary N) is 2. The van der Waals surface area contributed by atoms with Crippen molar-refractivity contribution >= 4 is 23.2 Å². The summed E-state index contributed by atoms with van der Waals surface area (Å²) in [6.07, 6.45) is 4.96. The van der Waals surface area contributed by atoms with Crippen LogP contribution in [0.3, 0.4) is 0 Å². The summed E-state index contributed by atoms with van der Waals surface area (Å²) < 4.78 is 42.5. The summed E-state index contributed by atoms with van der Waals surface area (Å²) in [5.74, 6) is -2.92. The lowest BCUT2D eigenvalue weighted by atomic mass is 9.91. The molecule has 1 aliphatic carbocycles. The SMILES string of the molecule is NC(=O)c1cc(F)c(NC2CCCC[C@@H]2N)nc1Nc1ccnc(-c2cc(F)ccc2F)c1. The quantitative estimate of drug-likeness (QED) is 0.444. The van der Waals surface area contributed by atoms with Gasteiger partial charge >= 0.3 is 0 Å². The molecule has 0 spiro atoms. The standard InChI is InChI=1S/C23H23F3N6O/c24-12-5-6-16(25)14(9-12)20-10-13(7-8-29-20)30-22-15(21(28)33)11-17(26)23(32-22)31-19-4-2-1-3-18(19)27/h5-11,18-19H,1-4,27H2,(H2,28,33)(H2,29,30,31,32)/t18-,19?/m0/s1. The number of pyridine rings is 2. The summed E-state index contributed by atoms with van der Waals surface area (Å²) in [7, 11) is 0. The third kappa shape index (κ3) is 5.06. The number of carbonyl (C=O) groups is 1. The van der Waals surface area contributed by atoms with Gasteiger partial charge in [0.15, 0.2) is 11.6 Å². The average molecular weight is 456 g/mol. The maximum Gasteiger partial charge on any atom is 0.252 e. The number of hydrogen-bond acceptors (Lipinski definition) is 6. The number of halogens is 3. The lowest BCUT2D eigenvalue weighted by Crippen LogP contribution is -2.43. The average Bonchev–Trinajstić information content (AvgIpc) is 2.79. The molecule has 1 unspecified atom stereocenters. The second-order valence-electron chi connectivity index (χ2n) is 7.96. The van der Waals surface area contributed by atoms with Crippen LogP contribution in [0.4, 0.5) is 30.5 Å². The third-order valence-corrected chi connectivity index (χ3v) is 5.61. The number of primary amides is 1. The van der Waals surface area contributed by atoms with Gasteiger partial charge in [0.1, 0.15) is 17.5 Å². The minimum atomic E-state index is -0.879. The molecule has 1 aliphatic rings. The summed E-state index contributed by atoms with van der Waals surface area (Å²) in [6.45, 7) is 0. The summed E-state index contributed by atoms with van der Waals surface area (Å²) in [5.41, 5.74) is 11.9. The molecule has 0 saturated heterocycles. The fraction of sp³-hybridized carbons (Fsp3) is 0.261. The molecule has 7 nitrogen and oxygen atoms in total. The Bertz CT molecular complexity index is 1190. The highest BCUT2D eigenvalue weighted by molar-refractivity contribution is 5.98. The molecule has 1 amide bonds. The number of carbonyl (C=O) groups excluding carboxylic acids is 1. The van der Waals surface area contributed by atoms with E-state index < -0.39 is 23.4 Å². The van der Waals surface area contributed by atoms with Crippen molar-refractivity contribution in [2.75, 3.05) is 10.6 Å². The fourth-order valence-corrected chi connectivity index (χ4v) is 3.87. The number of anilines is 3. The molecule has 0 aliphatic heterocycles. The van der Waals surface area contributed by atoms with Crippen molar-refractivity contribution in [2.45, 2.75) is 37.8 Å². The van der Waals surface area contributed by atoms with Crippen LogP contribution in [-0.4, -0.2) is 28.0 Å². The molecule has 1 fully saturated rings. The molecule has 0 radical (unpaired) electrons. The lowest BCUT2D eigenvalue weighted by molar-refractivity contribution is 0.100. The number of benzene rings is 1. The van der Waals surface area contributed by atoms with E-state index in [4.69, 9.17) is 11.5 Å². The van der Waals surface area contributed by atoms with Crippen molar-refractivity contribution < 1.29 is 18.0 Å². The van der Waals surface area contributed by atoms with Gasteiger partial charge in [0.25, 0.3) is 5.91 Å². The van der Waals surface area contributed by atoms with Crippen molar-refractivity contribution in [3.05, 3.63) is 65.6 Å². The van der Waals surface area contributed by atoms with E-state index in [-0.39, 0.29) is 40.5 Å². The molecule has 2 aromatic heterocycles. The summed E-state index contributed by atoms with van der Waals surface area (Å²) in [6, 6.07) is 6.75. The van der Waals surface area contributed by atoms with Gasteiger partial charge in [-0.05, 0) is 49.2 Å². The van der Waals surface area contributed by atoms with Gasteiger partial charge in [0.2, 0.25) is 0 Å². The van der Waals surface area contributed by atoms with E-state index in [2.05, 4.69) is 20.6 Å². The maximum absolute atomic E-state index is 14.7. The van der Waals surface area contributed by atoms with Crippen LogP contribution in [0.5, 0.6) is 0 Å². The van der Waals surface area contributed by atoms with E-state index >= 15 is 0 Å². The lowest BCUT2D eigenvalue weighted by Gasteiger charge is -2.30. The van der Waals surface area contributed by atoms with Gasteiger partial charge in [-0.1, -0.05) is 12.8 Å². The Kier molecular flexibility index (Phi) is 6.45. The van der Waals surface area contributed by atoms with E-state index in [0.29, 0.717) is 5.69 Å². The highest BCUT2D eigenvalue weighted by Gasteiger charge is 2.24. The van der Waals surface area contributed by atoms with E-state index in [1.807, 2.05) is 0 Å². The molecular weight excluding hydrogens is 433 g/mol. The van der Waals surface area contributed by atoms with E-state index in [1.165, 1.54) is 12.3 Å². The summed E-state index contributed by atoms with van der Waals surface area (Å²) in [4.78, 5) is 20.2. The first-order valence-corrected chi connectivity index (χ1v) is 10.5. The number of aromatic nitrogens is 2. The van der Waals surface area contributed by atoms with Gasteiger partial charge in [0, 0.05) is 29.5 Å². The van der Waals surface area contributed by atoms with Crippen LogP contribution >= 0.6 is 0 Å². The molecule has 0 bridgehead atoms. The molecule has 2 atom stereocenters. The van der Waals surface area contributed by atoms with Crippen LogP contribution in [-0.2, 0) is 0 Å². The third-order valence-electron chi connectivity index (χ3n) is 5.61. The highest BCUT2D eigenvalue weighted by atomic mass is 19.1. The van der Waals surface area contributed by atoms with Crippen molar-refractivity contribution in [3.63, 3.8) is 0 Å². The van der Waals surface area contributed by atoms with Gasteiger partial charge in [0.05, 0.1) is 11.3 Å². The first-order valence-electron chi connectivity index (χ1n) is 10.5. The normalized spacial score (nSPS) is 18.1. The summed E-state index contributed by atoms with van der Waals surface area (Å²) >= 11 is 0. The molecule has 6 N–H and O–H groups in total. The van der Waals surface area contributed by atoms with Crippen molar-refractivity contribution in [1.29, 1.82) is 0 Å². The molecule has 10 heteroatoms. The number of amides is 1. The van der Waals surface area contributed by atoms with Crippen LogP contribution < -0.4 is 22.1 Å². The zero-order valence-corrected chi connectivity index (χ0v) is 17.6. The number of nitrogens with zero attached hydrogens (tertiary/aromatic N) is 2. The topological polar surface area (TPSA) is 119 Å². The molecule has 172 valence electrons. The Balaban J connectivity index is 1.67. The van der Waals surface area contributed by atoms with Crippen LogP contribution in [0.15, 0.2) is 42.6 Å². The molecule has 4 rings (SSSR count). The van der Waals surface area contributed by atoms with Crippen LogP contribution in [0, 0.1) is 17.5 Å². The predicted octanol–water partition coefficient (Wildman–Crippen LogP) is 4.09. The Hall–Kier alpha value is -3.66. The van der Waals surface area contributed by atoms with Gasteiger partial charge in [-0.2, -0.15) is 0 Å². The van der Waals surface area contributed by atoms with Gasteiger partial charge < -0.3 is 22.1 Å². The van der Waals surface area contributed by atoms with Crippen LogP contribution in [0.25, 0.3) is 11.3 Å². The monoisotopic (exact) mass is 456 g/mol. The zero-order valence-electron chi connectivity index (χ0n) is 17.6. The van der Waals surface area contributed by atoms with E-state index in [9.17, 15) is 18.0 Å². The second-order valence-corrected chi connectivity index (χ2v) is 7.96. The van der Waals surface area contributed by atoms with Gasteiger partial charge in [-0.3, -0.25) is 9.78 Å². The zero-order chi connectivity index (χ0) is 23.5. The Labute approximate surface area is 188 Å². The number of hydrogen-bond donors (Lipinski definition) is 4. The largest absolute Gasteiger partial charge is 0.365 e. The van der Waals surface area contributed by atoms with Crippen molar-refractivity contribution in [3.8, 4) is 11.3 Å². The van der Waals surface area contributed by atoms with Crippen molar-refractivity contribution in [1.82, 2.24) is 9.97 Å².